The highest BCUT2D eigenvalue weighted by Gasteiger charge is 2.29. The molecule has 1 saturated carbocycles. The summed E-state index contributed by atoms with van der Waals surface area (Å²) in [6, 6.07) is 6.45. The molecule has 0 bridgehead atoms. The number of aryl methyl sites for hydroxylation is 1. The summed E-state index contributed by atoms with van der Waals surface area (Å²) in [5.74, 6) is 0. The Morgan fingerprint density at radius 3 is 2.33 bits per heavy atom. The molecule has 1 saturated heterocycles. The fraction of sp³-hybridized carbons (Fsp3) is 0.667. The predicted molar refractivity (Wildman–Crippen MR) is 98.6 cm³/mol. The van der Waals surface area contributed by atoms with Gasteiger partial charge < -0.3 is 4.90 Å². The lowest BCUT2D eigenvalue weighted by Gasteiger charge is -2.37. The summed E-state index contributed by atoms with van der Waals surface area (Å²) in [5, 5.41) is 0. The van der Waals surface area contributed by atoms with Gasteiger partial charge in [-0.1, -0.05) is 31.4 Å². The molecule has 3 rings (SSSR count). The molecule has 1 aromatic rings. The second-order valence-corrected chi connectivity index (χ2v) is 8.77. The van der Waals surface area contributed by atoms with Gasteiger partial charge in [-0.15, -0.1) is 0 Å². The average molecular weight is 352 g/mol. The molecule has 0 aromatic heterocycles. The number of anilines is 1. The number of benzene rings is 1. The van der Waals surface area contributed by atoms with E-state index in [-0.39, 0.29) is 6.04 Å². The molecule has 5 nitrogen and oxygen atoms in total. The molecule has 134 valence electrons. The van der Waals surface area contributed by atoms with Crippen molar-refractivity contribution in [2.24, 2.45) is 0 Å². The van der Waals surface area contributed by atoms with E-state index in [1.807, 2.05) is 0 Å². The van der Waals surface area contributed by atoms with Crippen LogP contribution in [0.1, 0.15) is 43.2 Å². The normalized spacial score (nSPS) is 21.2. The van der Waals surface area contributed by atoms with Crippen LogP contribution in [-0.4, -0.2) is 44.9 Å². The van der Waals surface area contributed by atoms with Gasteiger partial charge in [-0.25, -0.2) is 0 Å². The summed E-state index contributed by atoms with van der Waals surface area (Å²) >= 11 is 0. The minimum Gasteiger partial charge on any atom is -0.369 e. The highest BCUT2D eigenvalue weighted by atomic mass is 32.2. The van der Waals surface area contributed by atoms with Crippen LogP contribution in [0.3, 0.4) is 0 Å². The monoisotopic (exact) mass is 351 g/mol. The molecule has 0 amide bonds. The van der Waals surface area contributed by atoms with E-state index in [0.717, 1.165) is 38.8 Å². The molecular formula is C18H29N3O2S. The Bertz CT molecular complexity index is 661. The van der Waals surface area contributed by atoms with Gasteiger partial charge in [0.1, 0.15) is 0 Å². The zero-order chi connectivity index (χ0) is 17.2. The van der Waals surface area contributed by atoms with Crippen molar-refractivity contribution in [2.45, 2.75) is 52.0 Å². The Labute approximate surface area is 146 Å². The van der Waals surface area contributed by atoms with Crippen molar-refractivity contribution in [3.05, 3.63) is 29.3 Å². The zero-order valence-corrected chi connectivity index (χ0v) is 15.6. The lowest BCUT2D eigenvalue weighted by atomic mass is 9.96. The Morgan fingerprint density at radius 1 is 1.00 bits per heavy atom. The molecule has 6 heteroatoms. The first-order chi connectivity index (χ1) is 11.5. The first-order valence-electron chi connectivity index (χ1n) is 9.06. The first-order valence-corrected chi connectivity index (χ1v) is 10.5. The van der Waals surface area contributed by atoms with Crippen molar-refractivity contribution >= 4 is 15.9 Å². The van der Waals surface area contributed by atoms with Crippen molar-refractivity contribution in [1.82, 2.24) is 9.03 Å². The molecule has 24 heavy (non-hydrogen) atoms. The van der Waals surface area contributed by atoms with Gasteiger partial charge in [-0.05, 0) is 43.9 Å². The molecule has 0 unspecified atom stereocenters. The summed E-state index contributed by atoms with van der Waals surface area (Å²) in [6.45, 7) is 6.85. The fourth-order valence-electron chi connectivity index (χ4n) is 3.75. The molecule has 1 aromatic carbocycles. The van der Waals surface area contributed by atoms with E-state index in [0.29, 0.717) is 13.1 Å². The number of piperazine rings is 1. The molecular weight excluding hydrogens is 322 g/mol. The third kappa shape index (κ3) is 3.92. The van der Waals surface area contributed by atoms with Crippen LogP contribution in [0, 0.1) is 13.8 Å². The van der Waals surface area contributed by atoms with Crippen LogP contribution in [0.5, 0.6) is 0 Å². The Balaban J connectivity index is 1.60. The summed E-state index contributed by atoms with van der Waals surface area (Å²) in [5.41, 5.74) is 3.79. The van der Waals surface area contributed by atoms with Gasteiger partial charge in [0.15, 0.2) is 0 Å². The zero-order valence-electron chi connectivity index (χ0n) is 14.8. The Hall–Kier alpha value is -1.11. The van der Waals surface area contributed by atoms with E-state index in [4.69, 9.17) is 0 Å². The molecule has 2 aliphatic rings. The summed E-state index contributed by atoms with van der Waals surface area (Å²) in [4.78, 5) is 2.30. The number of nitrogens with zero attached hydrogens (tertiary/aromatic N) is 2. The van der Waals surface area contributed by atoms with Gasteiger partial charge in [-0.2, -0.15) is 17.4 Å². The SMILES string of the molecule is Cc1cccc(N2CCN(S(=O)(=O)NC3CCCCC3)CC2)c1C. The van der Waals surface area contributed by atoms with Crippen LogP contribution in [-0.2, 0) is 10.2 Å². The lowest BCUT2D eigenvalue weighted by molar-refractivity contribution is 0.357. The van der Waals surface area contributed by atoms with Crippen LogP contribution in [0.4, 0.5) is 5.69 Å². The second kappa shape index (κ2) is 7.42. The van der Waals surface area contributed by atoms with E-state index in [1.54, 1.807) is 4.31 Å². The van der Waals surface area contributed by atoms with Gasteiger partial charge in [0.25, 0.3) is 10.2 Å². The molecule has 1 N–H and O–H groups in total. The van der Waals surface area contributed by atoms with Crippen molar-refractivity contribution in [1.29, 1.82) is 0 Å². The molecule has 1 aliphatic heterocycles. The minimum absolute atomic E-state index is 0.126. The smallest absolute Gasteiger partial charge is 0.279 e. The van der Waals surface area contributed by atoms with Crippen molar-refractivity contribution in [2.75, 3.05) is 31.1 Å². The Morgan fingerprint density at radius 2 is 1.67 bits per heavy atom. The average Bonchev–Trinajstić information content (AvgIpc) is 2.58. The van der Waals surface area contributed by atoms with E-state index in [9.17, 15) is 8.42 Å². The van der Waals surface area contributed by atoms with E-state index in [2.05, 4.69) is 41.7 Å². The van der Waals surface area contributed by atoms with E-state index >= 15 is 0 Å². The summed E-state index contributed by atoms with van der Waals surface area (Å²) < 4.78 is 29.8. The molecule has 1 aliphatic carbocycles. The Kier molecular flexibility index (Phi) is 5.47. The molecule has 2 fully saturated rings. The number of nitrogens with one attached hydrogen (secondary N) is 1. The second-order valence-electron chi connectivity index (χ2n) is 7.06. The highest BCUT2D eigenvalue weighted by Crippen LogP contribution is 2.24. The standard InChI is InChI=1S/C18H29N3O2S/c1-15-7-6-10-18(16(15)2)20-11-13-21(14-12-20)24(22,23)19-17-8-4-3-5-9-17/h6-7,10,17,19H,3-5,8-9,11-14H2,1-2H3. The minimum atomic E-state index is -3.35. The van der Waals surface area contributed by atoms with Crippen molar-refractivity contribution in [3.8, 4) is 0 Å². The van der Waals surface area contributed by atoms with Crippen LogP contribution in [0.15, 0.2) is 18.2 Å². The summed E-state index contributed by atoms with van der Waals surface area (Å²) in [6.07, 6.45) is 5.44. The maximum atomic E-state index is 12.6. The third-order valence-electron chi connectivity index (χ3n) is 5.42. The maximum absolute atomic E-state index is 12.6. The quantitative estimate of drug-likeness (QED) is 0.907. The van der Waals surface area contributed by atoms with Gasteiger partial charge in [0, 0.05) is 37.9 Å². The van der Waals surface area contributed by atoms with Crippen LogP contribution in [0.2, 0.25) is 0 Å². The van der Waals surface area contributed by atoms with Gasteiger partial charge in [0.05, 0.1) is 0 Å². The lowest BCUT2D eigenvalue weighted by Crippen LogP contribution is -2.54. The number of hydrogen-bond acceptors (Lipinski definition) is 3. The van der Waals surface area contributed by atoms with Gasteiger partial charge >= 0.3 is 0 Å². The first kappa shape index (κ1) is 17.7. The maximum Gasteiger partial charge on any atom is 0.279 e. The van der Waals surface area contributed by atoms with Crippen LogP contribution >= 0.6 is 0 Å². The van der Waals surface area contributed by atoms with E-state index < -0.39 is 10.2 Å². The van der Waals surface area contributed by atoms with Crippen molar-refractivity contribution in [3.63, 3.8) is 0 Å². The van der Waals surface area contributed by atoms with Crippen LogP contribution < -0.4 is 9.62 Å². The molecule has 0 spiro atoms. The van der Waals surface area contributed by atoms with Crippen LogP contribution in [0.25, 0.3) is 0 Å². The van der Waals surface area contributed by atoms with Gasteiger partial charge in [-0.3, -0.25) is 0 Å². The number of rotatable bonds is 4. The predicted octanol–water partition coefficient (Wildman–Crippen LogP) is 2.59. The number of hydrogen-bond donors (Lipinski definition) is 1. The molecule has 0 atom stereocenters. The largest absolute Gasteiger partial charge is 0.369 e. The third-order valence-corrected chi connectivity index (χ3v) is 7.09. The topological polar surface area (TPSA) is 52.7 Å². The molecule has 0 radical (unpaired) electrons. The summed E-state index contributed by atoms with van der Waals surface area (Å²) in [7, 11) is -3.35. The van der Waals surface area contributed by atoms with Crippen molar-refractivity contribution < 1.29 is 8.42 Å². The van der Waals surface area contributed by atoms with E-state index in [1.165, 1.54) is 23.2 Å². The fourth-order valence-corrected chi connectivity index (χ4v) is 5.20. The molecule has 1 heterocycles. The highest BCUT2D eigenvalue weighted by molar-refractivity contribution is 7.87. The van der Waals surface area contributed by atoms with Gasteiger partial charge in [0.2, 0.25) is 0 Å².